The van der Waals surface area contributed by atoms with E-state index in [2.05, 4.69) is 9.73 Å². The number of benzene rings is 1. The van der Waals surface area contributed by atoms with Gasteiger partial charge in [0.2, 0.25) is 0 Å². The number of nitro groups is 1. The smallest absolute Gasteiger partial charge is 0.433 e. The monoisotopic (exact) mass is 571 g/mol. The first-order valence-corrected chi connectivity index (χ1v) is 12.9. The predicted molar refractivity (Wildman–Crippen MR) is 141 cm³/mol. The molecule has 1 aliphatic rings. The minimum absolute atomic E-state index is 0.106. The Morgan fingerprint density at radius 3 is 2.60 bits per heavy atom. The lowest BCUT2D eigenvalue weighted by Gasteiger charge is -2.25. The fraction of sp³-hybridized carbons (Fsp3) is 0.308. The Morgan fingerprint density at radius 2 is 1.95 bits per heavy atom. The van der Waals surface area contributed by atoms with E-state index >= 15 is 0 Å². The summed E-state index contributed by atoms with van der Waals surface area (Å²) in [5.74, 6) is -1.03. The number of esters is 2. The van der Waals surface area contributed by atoms with E-state index in [1.54, 1.807) is 39.0 Å². The van der Waals surface area contributed by atoms with E-state index < -0.39 is 34.3 Å². The number of carbonyl (C=O) groups is 2. The minimum Gasteiger partial charge on any atom is -0.490 e. The largest absolute Gasteiger partial charge is 0.490 e. The molecule has 14 heteroatoms. The maximum Gasteiger partial charge on any atom is 0.433 e. The zero-order valence-corrected chi connectivity index (χ0v) is 22.8. The summed E-state index contributed by atoms with van der Waals surface area (Å²) in [5.41, 5.74) is 0.507. The number of hydrogen-bond acceptors (Lipinski definition) is 12. The highest BCUT2D eigenvalue weighted by Gasteiger charge is 2.34. The van der Waals surface area contributed by atoms with Gasteiger partial charge in [-0.2, -0.15) is 0 Å². The maximum absolute atomic E-state index is 13.7. The molecule has 0 aliphatic carbocycles. The molecular formula is C26H25N3O10S. The molecule has 0 saturated carbocycles. The summed E-state index contributed by atoms with van der Waals surface area (Å²) in [7, 11) is 1.24. The number of rotatable bonds is 10. The number of furan rings is 1. The van der Waals surface area contributed by atoms with Crippen LogP contribution in [0.2, 0.25) is 0 Å². The molecule has 3 heterocycles. The first-order valence-electron chi connectivity index (χ1n) is 12.1. The summed E-state index contributed by atoms with van der Waals surface area (Å²) < 4.78 is 27.9. The van der Waals surface area contributed by atoms with Crippen LogP contribution in [0, 0.1) is 10.1 Å². The third-order valence-electron chi connectivity index (χ3n) is 5.74. The number of thiazole rings is 1. The molecule has 0 bridgehead atoms. The van der Waals surface area contributed by atoms with E-state index in [1.807, 2.05) is 0 Å². The van der Waals surface area contributed by atoms with Crippen molar-refractivity contribution in [2.24, 2.45) is 4.99 Å². The molecule has 0 fully saturated rings. The second kappa shape index (κ2) is 12.0. The molecule has 4 rings (SSSR count). The summed E-state index contributed by atoms with van der Waals surface area (Å²) in [6, 6.07) is 6.45. The molecule has 1 aliphatic heterocycles. The van der Waals surface area contributed by atoms with E-state index in [0.29, 0.717) is 16.1 Å². The standard InChI is InChI=1S/C26H25N3O10S/c1-5-36-18-11-15(7-9-17(18)38-13-21(30)35-4)23-22(25(32)37-6-2)14(3)27-26-28(23)24(31)19(40-26)12-16-8-10-20(39-16)29(33)34/h7-12,23H,5-6,13H2,1-4H3/b19-12-/t23-/m1/s1. The van der Waals surface area contributed by atoms with E-state index in [1.165, 1.54) is 29.9 Å². The number of hydrogen-bond donors (Lipinski definition) is 0. The van der Waals surface area contributed by atoms with Crippen molar-refractivity contribution in [2.75, 3.05) is 26.9 Å². The van der Waals surface area contributed by atoms with Gasteiger partial charge in [0, 0.05) is 6.08 Å². The topological polar surface area (TPSA) is 162 Å². The quantitative estimate of drug-likeness (QED) is 0.200. The first kappa shape index (κ1) is 28.3. The van der Waals surface area contributed by atoms with Crippen molar-refractivity contribution < 1.29 is 37.9 Å². The van der Waals surface area contributed by atoms with Gasteiger partial charge in [-0.05, 0) is 44.5 Å². The van der Waals surface area contributed by atoms with Crippen LogP contribution in [0.25, 0.3) is 6.08 Å². The molecule has 210 valence electrons. The van der Waals surface area contributed by atoms with Crippen LogP contribution in [-0.2, 0) is 19.1 Å². The van der Waals surface area contributed by atoms with Crippen molar-refractivity contribution in [3.8, 4) is 11.5 Å². The van der Waals surface area contributed by atoms with Crippen LogP contribution in [0.15, 0.2) is 55.8 Å². The average Bonchev–Trinajstić information content (AvgIpc) is 3.51. The van der Waals surface area contributed by atoms with Crippen molar-refractivity contribution in [3.63, 3.8) is 0 Å². The zero-order chi connectivity index (χ0) is 29.0. The van der Waals surface area contributed by atoms with Crippen molar-refractivity contribution >= 4 is 35.2 Å². The van der Waals surface area contributed by atoms with Gasteiger partial charge in [-0.1, -0.05) is 17.4 Å². The summed E-state index contributed by atoms with van der Waals surface area (Å²) in [4.78, 5) is 53.5. The van der Waals surface area contributed by atoms with Gasteiger partial charge in [0.05, 0.1) is 48.2 Å². The molecule has 0 radical (unpaired) electrons. The second-order valence-corrected chi connectivity index (χ2v) is 9.25. The zero-order valence-electron chi connectivity index (χ0n) is 22.0. The van der Waals surface area contributed by atoms with Gasteiger partial charge in [-0.25, -0.2) is 14.6 Å². The SMILES string of the molecule is CCOC(=O)C1=C(C)N=c2s/c(=C\c3ccc([N+](=O)[O-])o3)c(=O)n2[C@@H]1c1ccc(OCC(=O)OC)c(OCC)c1. The maximum atomic E-state index is 13.7. The highest BCUT2D eigenvalue weighted by Crippen LogP contribution is 2.36. The van der Waals surface area contributed by atoms with Crippen LogP contribution in [0.1, 0.15) is 38.1 Å². The Bertz CT molecular complexity index is 1680. The molecule has 0 unspecified atom stereocenters. The van der Waals surface area contributed by atoms with Crippen LogP contribution in [0.3, 0.4) is 0 Å². The van der Waals surface area contributed by atoms with Gasteiger partial charge >= 0.3 is 17.8 Å². The summed E-state index contributed by atoms with van der Waals surface area (Å²) in [6.45, 7) is 5.12. The molecule has 1 aromatic carbocycles. The molecule has 13 nitrogen and oxygen atoms in total. The van der Waals surface area contributed by atoms with Crippen LogP contribution in [-0.4, -0.2) is 48.4 Å². The average molecular weight is 572 g/mol. The van der Waals surface area contributed by atoms with Gasteiger partial charge in [-0.15, -0.1) is 0 Å². The lowest BCUT2D eigenvalue weighted by atomic mass is 9.95. The minimum atomic E-state index is -0.947. The third kappa shape index (κ3) is 5.66. The number of carbonyl (C=O) groups excluding carboxylic acids is 2. The molecule has 3 aromatic rings. The molecule has 0 amide bonds. The normalized spacial score (nSPS) is 14.8. The van der Waals surface area contributed by atoms with Crippen molar-refractivity contribution in [2.45, 2.75) is 26.8 Å². The van der Waals surface area contributed by atoms with E-state index in [0.717, 1.165) is 11.3 Å². The van der Waals surface area contributed by atoms with E-state index in [-0.39, 0.29) is 47.2 Å². The van der Waals surface area contributed by atoms with Crippen molar-refractivity contribution in [3.05, 3.63) is 82.7 Å². The Balaban J connectivity index is 1.88. The summed E-state index contributed by atoms with van der Waals surface area (Å²) in [5, 5.41) is 11.0. The summed E-state index contributed by atoms with van der Waals surface area (Å²) >= 11 is 1.04. The number of aromatic nitrogens is 1. The number of nitrogens with zero attached hydrogens (tertiary/aromatic N) is 3. The van der Waals surface area contributed by atoms with Gasteiger partial charge in [0.25, 0.3) is 5.56 Å². The van der Waals surface area contributed by atoms with Gasteiger partial charge < -0.3 is 23.4 Å². The van der Waals surface area contributed by atoms with Crippen molar-refractivity contribution in [1.82, 2.24) is 4.57 Å². The van der Waals surface area contributed by atoms with Gasteiger partial charge in [0.15, 0.2) is 22.9 Å². The Morgan fingerprint density at radius 1 is 1.18 bits per heavy atom. The Hall–Kier alpha value is -4.72. The highest BCUT2D eigenvalue weighted by molar-refractivity contribution is 7.07. The third-order valence-corrected chi connectivity index (χ3v) is 6.72. The second-order valence-electron chi connectivity index (χ2n) is 8.24. The fourth-order valence-electron chi connectivity index (χ4n) is 4.03. The first-order chi connectivity index (χ1) is 19.2. The fourth-order valence-corrected chi connectivity index (χ4v) is 5.06. The van der Waals surface area contributed by atoms with Crippen LogP contribution in [0.4, 0.5) is 5.88 Å². The number of fused-ring (bicyclic) bond motifs is 1. The van der Waals surface area contributed by atoms with E-state index in [4.69, 9.17) is 18.6 Å². The number of allylic oxidation sites excluding steroid dienone is 1. The molecule has 2 aromatic heterocycles. The number of ether oxygens (including phenoxy) is 4. The van der Waals surface area contributed by atoms with Gasteiger partial charge in [-0.3, -0.25) is 19.5 Å². The molecule has 0 saturated heterocycles. The Kier molecular flexibility index (Phi) is 8.48. The van der Waals surface area contributed by atoms with Crippen LogP contribution < -0.4 is 24.4 Å². The molecule has 0 N–H and O–H groups in total. The van der Waals surface area contributed by atoms with Crippen molar-refractivity contribution in [1.29, 1.82) is 0 Å². The predicted octanol–water partition coefficient (Wildman–Crippen LogP) is 2.25. The van der Waals surface area contributed by atoms with Crippen LogP contribution in [0.5, 0.6) is 11.5 Å². The lowest BCUT2D eigenvalue weighted by molar-refractivity contribution is -0.402. The Labute approximate surface area is 230 Å². The lowest BCUT2D eigenvalue weighted by Crippen LogP contribution is -2.40. The molecule has 0 spiro atoms. The highest BCUT2D eigenvalue weighted by atomic mass is 32.1. The summed E-state index contributed by atoms with van der Waals surface area (Å²) in [6.07, 6.45) is 1.38. The molecule has 1 atom stereocenters. The molecule has 40 heavy (non-hydrogen) atoms. The van der Waals surface area contributed by atoms with Crippen LogP contribution >= 0.6 is 11.3 Å². The van der Waals surface area contributed by atoms with Gasteiger partial charge in [0.1, 0.15) is 10.7 Å². The van der Waals surface area contributed by atoms with E-state index in [9.17, 15) is 24.5 Å². The number of methoxy groups -OCH3 is 1. The molecular weight excluding hydrogens is 546 g/mol.